The van der Waals surface area contributed by atoms with E-state index in [-0.39, 0.29) is 5.91 Å². The standard InChI is InChI=1S/C13H17N3O3/c1-9-10(3-4-18-9)6-16(2)7-12-5-11(8-19-12)13(17)15-14/h3-5,8H,6-7,14H2,1-2H3,(H,15,17). The molecule has 0 aliphatic heterocycles. The molecule has 6 nitrogen and oxygen atoms in total. The maximum absolute atomic E-state index is 11.3. The molecule has 1 amide bonds. The largest absolute Gasteiger partial charge is 0.469 e. The number of hydrogen-bond donors (Lipinski definition) is 2. The summed E-state index contributed by atoms with van der Waals surface area (Å²) in [7, 11) is 1.97. The molecule has 0 saturated heterocycles. The zero-order valence-corrected chi connectivity index (χ0v) is 11.0. The van der Waals surface area contributed by atoms with Crippen molar-refractivity contribution in [1.29, 1.82) is 0 Å². The molecule has 2 aromatic rings. The lowest BCUT2D eigenvalue weighted by atomic mass is 10.2. The van der Waals surface area contributed by atoms with E-state index in [9.17, 15) is 4.79 Å². The number of hydrogen-bond acceptors (Lipinski definition) is 5. The average Bonchev–Trinajstić information content (AvgIpc) is 2.99. The van der Waals surface area contributed by atoms with Crippen LogP contribution in [0.4, 0.5) is 0 Å². The number of carbonyl (C=O) groups is 1. The summed E-state index contributed by atoms with van der Waals surface area (Å²) in [5.41, 5.74) is 3.62. The fourth-order valence-corrected chi connectivity index (χ4v) is 1.85. The van der Waals surface area contributed by atoms with Crippen LogP contribution in [0.3, 0.4) is 0 Å². The van der Waals surface area contributed by atoms with Crippen LogP contribution in [0.15, 0.2) is 33.5 Å². The van der Waals surface area contributed by atoms with Gasteiger partial charge < -0.3 is 8.83 Å². The fraction of sp³-hybridized carbons (Fsp3) is 0.308. The molecule has 0 aromatic carbocycles. The monoisotopic (exact) mass is 263 g/mol. The van der Waals surface area contributed by atoms with Crippen LogP contribution in [0.25, 0.3) is 0 Å². The Hall–Kier alpha value is -2.05. The molecule has 0 unspecified atom stereocenters. The highest BCUT2D eigenvalue weighted by Gasteiger charge is 2.11. The van der Waals surface area contributed by atoms with E-state index in [2.05, 4.69) is 10.3 Å². The SMILES string of the molecule is Cc1occc1CN(C)Cc1cc(C(=O)NN)co1. The smallest absolute Gasteiger partial charge is 0.268 e. The molecule has 2 heterocycles. The minimum absolute atomic E-state index is 0.358. The van der Waals surface area contributed by atoms with E-state index < -0.39 is 0 Å². The van der Waals surface area contributed by atoms with Gasteiger partial charge in [0.15, 0.2) is 0 Å². The van der Waals surface area contributed by atoms with Crippen molar-refractivity contribution >= 4 is 5.91 Å². The molecule has 0 bridgehead atoms. The number of carbonyl (C=O) groups excluding carboxylic acids is 1. The second-order valence-corrected chi connectivity index (χ2v) is 4.45. The van der Waals surface area contributed by atoms with E-state index in [1.54, 1.807) is 12.3 Å². The summed E-state index contributed by atoms with van der Waals surface area (Å²) >= 11 is 0. The number of aryl methyl sites for hydroxylation is 1. The normalized spacial score (nSPS) is 10.9. The van der Waals surface area contributed by atoms with E-state index in [1.165, 1.54) is 6.26 Å². The molecular weight excluding hydrogens is 246 g/mol. The summed E-state index contributed by atoms with van der Waals surface area (Å²) in [6, 6.07) is 3.63. The number of nitrogens with zero attached hydrogens (tertiary/aromatic N) is 1. The topological polar surface area (TPSA) is 84.6 Å². The summed E-state index contributed by atoms with van der Waals surface area (Å²) in [5.74, 6) is 6.32. The lowest BCUT2D eigenvalue weighted by Crippen LogP contribution is -2.29. The Morgan fingerprint density at radius 1 is 1.42 bits per heavy atom. The highest BCUT2D eigenvalue weighted by molar-refractivity contribution is 5.93. The molecule has 0 radical (unpaired) electrons. The maximum Gasteiger partial charge on any atom is 0.268 e. The molecule has 0 fully saturated rings. The molecule has 0 aliphatic rings. The van der Waals surface area contributed by atoms with Gasteiger partial charge in [-0.15, -0.1) is 0 Å². The number of nitrogens with one attached hydrogen (secondary N) is 1. The van der Waals surface area contributed by atoms with E-state index in [0.717, 1.165) is 17.9 Å². The van der Waals surface area contributed by atoms with Crippen molar-refractivity contribution in [3.8, 4) is 0 Å². The molecule has 6 heteroatoms. The van der Waals surface area contributed by atoms with Crippen LogP contribution in [0.1, 0.15) is 27.4 Å². The number of amides is 1. The molecule has 102 valence electrons. The second kappa shape index (κ2) is 5.73. The van der Waals surface area contributed by atoms with Crippen molar-refractivity contribution < 1.29 is 13.6 Å². The van der Waals surface area contributed by atoms with E-state index in [4.69, 9.17) is 14.7 Å². The van der Waals surface area contributed by atoms with Gasteiger partial charge in [0, 0.05) is 12.1 Å². The van der Waals surface area contributed by atoms with Gasteiger partial charge in [-0.05, 0) is 26.1 Å². The van der Waals surface area contributed by atoms with Crippen molar-refractivity contribution in [1.82, 2.24) is 10.3 Å². The van der Waals surface area contributed by atoms with E-state index >= 15 is 0 Å². The molecule has 0 aliphatic carbocycles. The highest BCUT2D eigenvalue weighted by atomic mass is 16.3. The van der Waals surface area contributed by atoms with Crippen molar-refractivity contribution in [2.75, 3.05) is 7.05 Å². The number of nitrogen functional groups attached to an aromatic ring is 1. The molecule has 3 N–H and O–H groups in total. The Bertz CT molecular complexity index is 559. The summed E-state index contributed by atoms with van der Waals surface area (Å²) in [6.07, 6.45) is 3.07. The Balaban J connectivity index is 1.95. The quantitative estimate of drug-likeness (QED) is 0.484. The average molecular weight is 263 g/mol. The zero-order chi connectivity index (χ0) is 13.8. The molecule has 2 aromatic heterocycles. The summed E-state index contributed by atoms with van der Waals surface area (Å²) in [5, 5.41) is 0. The van der Waals surface area contributed by atoms with Crippen molar-refractivity contribution in [2.45, 2.75) is 20.0 Å². The molecule has 0 spiro atoms. The lowest BCUT2D eigenvalue weighted by Gasteiger charge is -2.14. The van der Waals surface area contributed by atoms with Crippen LogP contribution in [-0.2, 0) is 13.1 Å². The lowest BCUT2D eigenvalue weighted by molar-refractivity contribution is 0.0953. The zero-order valence-electron chi connectivity index (χ0n) is 11.0. The number of furan rings is 2. The van der Waals surface area contributed by atoms with Crippen LogP contribution < -0.4 is 11.3 Å². The predicted molar refractivity (Wildman–Crippen MR) is 69.0 cm³/mol. The van der Waals surface area contributed by atoms with Gasteiger partial charge in [-0.1, -0.05) is 0 Å². The van der Waals surface area contributed by atoms with Crippen LogP contribution in [0, 0.1) is 6.92 Å². The van der Waals surface area contributed by atoms with Gasteiger partial charge in [-0.25, -0.2) is 5.84 Å². The molecule has 0 atom stereocenters. The first-order valence-electron chi connectivity index (χ1n) is 5.90. The van der Waals surface area contributed by atoms with Gasteiger partial charge in [0.2, 0.25) is 0 Å². The highest BCUT2D eigenvalue weighted by Crippen LogP contribution is 2.14. The minimum Gasteiger partial charge on any atom is -0.469 e. The van der Waals surface area contributed by atoms with Crippen LogP contribution in [0.5, 0.6) is 0 Å². The molecule has 0 saturated carbocycles. The van der Waals surface area contributed by atoms with Crippen LogP contribution in [-0.4, -0.2) is 17.9 Å². The van der Waals surface area contributed by atoms with E-state index in [0.29, 0.717) is 17.9 Å². The fourth-order valence-electron chi connectivity index (χ4n) is 1.85. The molecule has 19 heavy (non-hydrogen) atoms. The third-order valence-corrected chi connectivity index (χ3v) is 2.88. The summed E-state index contributed by atoms with van der Waals surface area (Å²) < 4.78 is 10.6. The molecular formula is C13H17N3O3. The first-order valence-corrected chi connectivity index (χ1v) is 5.90. The summed E-state index contributed by atoms with van der Waals surface area (Å²) in [6.45, 7) is 3.28. The van der Waals surface area contributed by atoms with Gasteiger partial charge in [0.1, 0.15) is 17.8 Å². The molecule has 2 rings (SSSR count). The Kier molecular flexibility index (Phi) is 4.03. The third-order valence-electron chi connectivity index (χ3n) is 2.88. The van der Waals surface area contributed by atoms with Crippen LogP contribution in [0.2, 0.25) is 0 Å². The minimum atomic E-state index is -0.358. The Morgan fingerprint density at radius 2 is 2.21 bits per heavy atom. The van der Waals surface area contributed by atoms with Gasteiger partial charge in [-0.2, -0.15) is 0 Å². The van der Waals surface area contributed by atoms with Crippen molar-refractivity contribution in [3.63, 3.8) is 0 Å². The van der Waals surface area contributed by atoms with Gasteiger partial charge in [0.05, 0.1) is 18.4 Å². The predicted octanol–water partition coefficient (Wildman–Crippen LogP) is 1.42. The van der Waals surface area contributed by atoms with Crippen molar-refractivity contribution in [3.05, 3.63) is 47.3 Å². The van der Waals surface area contributed by atoms with Crippen LogP contribution >= 0.6 is 0 Å². The van der Waals surface area contributed by atoms with Crippen molar-refractivity contribution in [2.24, 2.45) is 5.84 Å². The summed E-state index contributed by atoms with van der Waals surface area (Å²) in [4.78, 5) is 13.4. The Labute approximate surface area is 111 Å². The first kappa shape index (κ1) is 13.4. The van der Waals surface area contributed by atoms with Gasteiger partial charge >= 0.3 is 0 Å². The van der Waals surface area contributed by atoms with Gasteiger partial charge in [0.25, 0.3) is 5.91 Å². The second-order valence-electron chi connectivity index (χ2n) is 4.45. The maximum atomic E-state index is 11.3. The number of nitrogens with two attached hydrogens (primary N) is 1. The first-order chi connectivity index (χ1) is 9.10. The number of rotatable bonds is 5. The third kappa shape index (κ3) is 3.24. The Morgan fingerprint density at radius 3 is 2.84 bits per heavy atom. The van der Waals surface area contributed by atoms with E-state index in [1.807, 2.05) is 20.0 Å². The van der Waals surface area contributed by atoms with Gasteiger partial charge in [-0.3, -0.25) is 15.1 Å². The number of hydrazine groups is 1.